The average Bonchev–Trinajstić information content (AvgIpc) is 2.95. The first-order valence-electron chi connectivity index (χ1n) is 6.20. The van der Waals surface area contributed by atoms with Gasteiger partial charge in [-0.15, -0.1) is 0 Å². The highest BCUT2D eigenvalue weighted by Crippen LogP contribution is 2.34. The van der Waals surface area contributed by atoms with E-state index in [2.05, 4.69) is 38.1 Å². The average molecular weight is 319 g/mol. The molecule has 3 aromatic rings. The fraction of sp³-hybridized carbons (Fsp3) is 0.214. The van der Waals surface area contributed by atoms with Crippen molar-refractivity contribution in [1.82, 2.24) is 14.8 Å². The highest BCUT2D eigenvalue weighted by atomic mass is 79.9. The number of nitrogens with one attached hydrogen (secondary N) is 1. The van der Waals surface area contributed by atoms with Crippen molar-refractivity contribution >= 4 is 26.8 Å². The van der Waals surface area contributed by atoms with Gasteiger partial charge in [0.1, 0.15) is 5.69 Å². The van der Waals surface area contributed by atoms with Crippen LogP contribution in [0.5, 0.6) is 0 Å². The number of rotatable bonds is 3. The van der Waals surface area contributed by atoms with Crippen LogP contribution in [0.25, 0.3) is 22.2 Å². The minimum Gasteiger partial charge on any atom is -0.360 e. The van der Waals surface area contributed by atoms with Crippen molar-refractivity contribution in [2.24, 2.45) is 12.8 Å². The molecule has 0 saturated heterocycles. The molecular weight excluding hydrogens is 304 g/mol. The third kappa shape index (κ3) is 1.99. The number of H-pyrrole nitrogens is 1. The van der Waals surface area contributed by atoms with Crippen LogP contribution in [0.4, 0.5) is 0 Å². The molecular formula is C14H15BrN4. The van der Waals surface area contributed by atoms with Gasteiger partial charge in [0.15, 0.2) is 0 Å². The Hall–Kier alpha value is -1.59. The number of para-hydroxylation sites is 1. The van der Waals surface area contributed by atoms with Crippen molar-refractivity contribution in [3.63, 3.8) is 0 Å². The summed E-state index contributed by atoms with van der Waals surface area (Å²) in [6, 6.07) is 8.23. The monoisotopic (exact) mass is 318 g/mol. The molecule has 0 aliphatic heterocycles. The number of hydrogen-bond acceptors (Lipinski definition) is 2. The highest BCUT2D eigenvalue weighted by Gasteiger charge is 2.17. The lowest BCUT2D eigenvalue weighted by atomic mass is 10.1. The first kappa shape index (κ1) is 12.4. The number of aromatic nitrogens is 3. The van der Waals surface area contributed by atoms with E-state index >= 15 is 0 Å². The molecule has 0 aliphatic carbocycles. The summed E-state index contributed by atoms with van der Waals surface area (Å²) < 4.78 is 2.93. The zero-order chi connectivity index (χ0) is 13.4. The van der Waals surface area contributed by atoms with Crippen molar-refractivity contribution in [3.8, 4) is 11.3 Å². The Morgan fingerprint density at radius 3 is 2.95 bits per heavy atom. The van der Waals surface area contributed by atoms with Crippen LogP contribution >= 0.6 is 15.9 Å². The van der Waals surface area contributed by atoms with Crippen molar-refractivity contribution in [1.29, 1.82) is 0 Å². The van der Waals surface area contributed by atoms with Gasteiger partial charge in [-0.1, -0.05) is 18.2 Å². The fourth-order valence-electron chi connectivity index (χ4n) is 2.38. The van der Waals surface area contributed by atoms with Crippen LogP contribution in [0.1, 0.15) is 5.69 Å². The second-order valence-corrected chi connectivity index (χ2v) is 5.31. The molecule has 0 spiro atoms. The maximum absolute atomic E-state index is 5.65. The number of hydrogen-bond donors (Lipinski definition) is 2. The highest BCUT2D eigenvalue weighted by molar-refractivity contribution is 9.10. The van der Waals surface area contributed by atoms with Gasteiger partial charge >= 0.3 is 0 Å². The zero-order valence-corrected chi connectivity index (χ0v) is 12.2. The minimum atomic E-state index is 0.617. The molecule has 0 saturated carbocycles. The van der Waals surface area contributed by atoms with E-state index in [0.717, 1.165) is 33.4 Å². The summed E-state index contributed by atoms with van der Waals surface area (Å²) >= 11 is 3.66. The van der Waals surface area contributed by atoms with E-state index in [1.165, 1.54) is 5.39 Å². The predicted octanol–water partition coefficient (Wildman–Crippen LogP) is 2.83. The van der Waals surface area contributed by atoms with Crippen molar-refractivity contribution in [2.45, 2.75) is 6.42 Å². The predicted molar refractivity (Wildman–Crippen MR) is 81.0 cm³/mol. The standard InChI is InChI=1S/C14H15BrN4/c1-19-12(6-7-16)13(15)14(18-19)10-8-17-11-5-3-2-4-9(10)11/h2-5,8,17H,6-7,16H2,1H3. The van der Waals surface area contributed by atoms with Gasteiger partial charge in [0, 0.05) is 36.1 Å². The van der Waals surface area contributed by atoms with Gasteiger partial charge in [-0.25, -0.2) is 0 Å². The molecule has 0 unspecified atom stereocenters. The maximum atomic E-state index is 5.65. The van der Waals surface area contributed by atoms with Crippen LogP contribution in [0.15, 0.2) is 34.9 Å². The second kappa shape index (κ2) is 4.83. The lowest BCUT2D eigenvalue weighted by molar-refractivity contribution is 0.707. The largest absolute Gasteiger partial charge is 0.360 e. The van der Waals surface area contributed by atoms with E-state index in [-0.39, 0.29) is 0 Å². The molecule has 0 bridgehead atoms. The third-order valence-corrected chi connectivity index (χ3v) is 4.16. The van der Waals surface area contributed by atoms with Crippen molar-refractivity contribution in [3.05, 3.63) is 40.6 Å². The van der Waals surface area contributed by atoms with E-state index in [1.54, 1.807) is 0 Å². The molecule has 4 nitrogen and oxygen atoms in total. The summed E-state index contributed by atoms with van der Waals surface area (Å²) in [5.41, 5.74) is 9.97. The number of nitrogens with two attached hydrogens (primary N) is 1. The normalized spacial score (nSPS) is 11.3. The Morgan fingerprint density at radius 2 is 2.16 bits per heavy atom. The summed E-state index contributed by atoms with van der Waals surface area (Å²) in [6.45, 7) is 0.617. The summed E-state index contributed by atoms with van der Waals surface area (Å²) in [6.07, 6.45) is 2.82. The van der Waals surface area contributed by atoms with Crippen molar-refractivity contribution < 1.29 is 0 Å². The fourth-order valence-corrected chi connectivity index (χ4v) is 3.13. The van der Waals surface area contributed by atoms with E-state index in [0.29, 0.717) is 6.54 Å². The lowest BCUT2D eigenvalue weighted by Gasteiger charge is -1.99. The first-order valence-corrected chi connectivity index (χ1v) is 6.99. The molecule has 98 valence electrons. The zero-order valence-electron chi connectivity index (χ0n) is 10.7. The SMILES string of the molecule is Cn1nc(-c2c[nH]c3ccccc23)c(Br)c1CCN. The molecule has 0 fully saturated rings. The van der Waals surface area contributed by atoms with Crippen LogP contribution < -0.4 is 5.73 Å². The third-order valence-electron chi connectivity index (χ3n) is 3.33. The Labute approximate surface area is 119 Å². The number of benzene rings is 1. The molecule has 3 N–H and O–H groups in total. The van der Waals surface area contributed by atoms with E-state index < -0.39 is 0 Å². The molecule has 1 aromatic carbocycles. The van der Waals surface area contributed by atoms with Gasteiger partial charge in [-0.2, -0.15) is 5.10 Å². The van der Waals surface area contributed by atoms with Gasteiger partial charge in [-0.05, 0) is 28.5 Å². The Balaban J connectivity index is 2.19. The van der Waals surface area contributed by atoms with Gasteiger partial charge < -0.3 is 10.7 Å². The van der Waals surface area contributed by atoms with Crippen LogP contribution in [0.3, 0.4) is 0 Å². The number of aryl methyl sites for hydroxylation is 1. The molecule has 0 radical (unpaired) electrons. The molecule has 0 aliphatic rings. The van der Waals surface area contributed by atoms with E-state index in [1.807, 2.05) is 30.1 Å². The van der Waals surface area contributed by atoms with E-state index in [4.69, 9.17) is 5.73 Å². The first-order chi connectivity index (χ1) is 9.22. The topological polar surface area (TPSA) is 59.6 Å². The summed E-state index contributed by atoms with van der Waals surface area (Å²) in [7, 11) is 1.95. The smallest absolute Gasteiger partial charge is 0.109 e. The number of halogens is 1. The molecule has 5 heteroatoms. The molecule has 0 amide bonds. The van der Waals surface area contributed by atoms with Gasteiger partial charge in [-0.3, -0.25) is 4.68 Å². The van der Waals surface area contributed by atoms with E-state index in [9.17, 15) is 0 Å². The van der Waals surface area contributed by atoms with Crippen LogP contribution in [-0.2, 0) is 13.5 Å². The van der Waals surface area contributed by atoms with Gasteiger partial charge in [0.2, 0.25) is 0 Å². The lowest BCUT2D eigenvalue weighted by Crippen LogP contribution is -2.07. The number of nitrogens with zero attached hydrogens (tertiary/aromatic N) is 2. The van der Waals surface area contributed by atoms with Crippen LogP contribution in [-0.4, -0.2) is 21.3 Å². The van der Waals surface area contributed by atoms with Gasteiger partial charge in [0.25, 0.3) is 0 Å². The van der Waals surface area contributed by atoms with Crippen LogP contribution in [0, 0.1) is 0 Å². The summed E-state index contributed by atoms with van der Waals surface area (Å²) in [5.74, 6) is 0. The maximum Gasteiger partial charge on any atom is 0.109 e. The Kier molecular flexibility index (Phi) is 3.16. The number of fused-ring (bicyclic) bond motifs is 1. The quantitative estimate of drug-likeness (QED) is 0.780. The summed E-state index contributed by atoms with van der Waals surface area (Å²) in [4.78, 5) is 3.28. The van der Waals surface area contributed by atoms with Crippen molar-refractivity contribution in [2.75, 3.05) is 6.54 Å². The Morgan fingerprint density at radius 1 is 1.37 bits per heavy atom. The molecule has 0 atom stereocenters. The molecule has 2 heterocycles. The number of aromatic amines is 1. The van der Waals surface area contributed by atoms with Crippen LogP contribution in [0.2, 0.25) is 0 Å². The summed E-state index contributed by atoms with van der Waals surface area (Å²) in [5, 5.41) is 5.80. The van der Waals surface area contributed by atoms with Gasteiger partial charge in [0.05, 0.1) is 10.2 Å². The molecule has 19 heavy (non-hydrogen) atoms. The minimum absolute atomic E-state index is 0.617. The molecule has 3 rings (SSSR count). The second-order valence-electron chi connectivity index (χ2n) is 4.52. The Bertz CT molecular complexity index is 726. The molecule has 2 aromatic heterocycles.